The Morgan fingerprint density at radius 3 is 2.93 bits per heavy atom. The molecule has 1 aliphatic rings. The molecular weight excluding hydrogens is 194 g/mol. The highest BCUT2D eigenvalue weighted by Gasteiger charge is 2.07. The Balaban J connectivity index is 2.18. The average molecular weight is 211 g/mol. The fourth-order valence-electron chi connectivity index (χ4n) is 1.22. The summed E-state index contributed by atoms with van der Waals surface area (Å²) in [5.41, 5.74) is 1.13. The smallest absolute Gasteiger partial charge is 0.271 e. The maximum absolute atomic E-state index is 11.3. The van der Waals surface area contributed by atoms with Gasteiger partial charge in [-0.1, -0.05) is 18.2 Å². The van der Waals surface area contributed by atoms with Gasteiger partial charge in [0.2, 0.25) is 0 Å². The Kier molecular flexibility index (Phi) is 5.07. The first-order valence-corrected chi connectivity index (χ1v) is 4.98. The minimum absolute atomic E-state index is 0.0511. The first-order chi connectivity index (χ1) is 7.24. The first-order valence-electron chi connectivity index (χ1n) is 4.98. The summed E-state index contributed by atoms with van der Waals surface area (Å²) in [6, 6.07) is 0. The number of carbonyl (C=O) groups excluding carboxylic acids is 1. The van der Waals surface area contributed by atoms with Crippen LogP contribution in [0.4, 0.5) is 0 Å². The summed E-state index contributed by atoms with van der Waals surface area (Å²) in [6.45, 7) is 0.537. The lowest BCUT2D eigenvalue weighted by molar-refractivity contribution is -0.173. The van der Waals surface area contributed by atoms with E-state index < -0.39 is 0 Å². The number of rotatable bonds is 5. The largest absolute Gasteiger partial charge is 0.367 e. The molecule has 0 saturated heterocycles. The SMILES string of the molecule is CON(C)C(=O)COCC1=CCCC=C1. The van der Waals surface area contributed by atoms with Crippen molar-refractivity contribution in [1.82, 2.24) is 5.06 Å². The first kappa shape index (κ1) is 11.9. The van der Waals surface area contributed by atoms with Crippen LogP contribution in [0.1, 0.15) is 12.8 Å². The van der Waals surface area contributed by atoms with Gasteiger partial charge in [-0.2, -0.15) is 0 Å². The highest BCUT2D eigenvalue weighted by atomic mass is 16.7. The van der Waals surface area contributed by atoms with E-state index in [2.05, 4.69) is 12.2 Å². The van der Waals surface area contributed by atoms with Crippen molar-refractivity contribution in [2.24, 2.45) is 0 Å². The molecule has 0 aromatic rings. The van der Waals surface area contributed by atoms with Crippen molar-refractivity contribution in [1.29, 1.82) is 0 Å². The van der Waals surface area contributed by atoms with Crippen LogP contribution in [0.15, 0.2) is 23.8 Å². The maximum Gasteiger partial charge on any atom is 0.271 e. The molecule has 0 saturated carbocycles. The van der Waals surface area contributed by atoms with E-state index >= 15 is 0 Å². The summed E-state index contributed by atoms with van der Waals surface area (Å²) >= 11 is 0. The van der Waals surface area contributed by atoms with Crippen LogP contribution in [-0.2, 0) is 14.4 Å². The van der Waals surface area contributed by atoms with Crippen molar-refractivity contribution in [2.75, 3.05) is 27.4 Å². The van der Waals surface area contributed by atoms with E-state index in [0.717, 1.165) is 23.5 Å². The Morgan fingerprint density at radius 1 is 1.53 bits per heavy atom. The third kappa shape index (κ3) is 4.27. The summed E-state index contributed by atoms with van der Waals surface area (Å²) in [5.74, 6) is -0.183. The summed E-state index contributed by atoms with van der Waals surface area (Å²) in [7, 11) is 3.01. The van der Waals surface area contributed by atoms with Gasteiger partial charge in [0.1, 0.15) is 6.61 Å². The van der Waals surface area contributed by atoms with Gasteiger partial charge in [-0.15, -0.1) is 0 Å². The molecule has 0 spiro atoms. The zero-order valence-corrected chi connectivity index (χ0v) is 9.23. The van der Waals surface area contributed by atoms with Gasteiger partial charge in [-0.25, -0.2) is 5.06 Å². The van der Waals surface area contributed by atoms with Crippen molar-refractivity contribution in [3.63, 3.8) is 0 Å². The molecule has 0 aliphatic heterocycles. The third-order valence-corrected chi connectivity index (χ3v) is 2.19. The quantitative estimate of drug-likeness (QED) is 0.643. The van der Waals surface area contributed by atoms with Crippen molar-refractivity contribution in [3.8, 4) is 0 Å². The van der Waals surface area contributed by atoms with Gasteiger partial charge in [0.05, 0.1) is 13.7 Å². The molecular formula is C11H17NO3. The number of likely N-dealkylation sites (N-methyl/N-ethyl adjacent to an activating group) is 1. The zero-order valence-electron chi connectivity index (χ0n) is 9.23. The molecule has 0 atom stereocenters. The highest BCUT2D eigenvalue weighted by molar-refractivity contribution is 5.76. The number of hydrogen-bond acceptors (Lipinski definition) is 3. The molecule has 1 rings (SSSR count). The monoisotopic (exact) mass is 211 g/mol. The van der Waals surface area contributed by atoms with Gasteiger partial charge in [0.25, 0.3) is 5.91 Å². The van der Waals surface area contributed by atoms with Crippen LogP contribution >= 0.6 is 0 Å². The minimum atomic E-state index is -0.183. The number of allylic oxidation sites excluding steroid dienone is 2. The third-order valence-electron chi connectivity index (χ3n) is 2.19. The van der Waals surface area contributed by atoms with Gasteiger partial charge in [0.15, 0.2) is 0 Å². The number of ether oxygens (including phenoxy) is 1. The summed E-state index contributed by atoms with van der Waals surface area (Å²) < 4.78 is 5.27. The van der Waals surface area contributed by atoms with Crippen LogP contribution in [0, 0.1) is 0 Å². The van der Waals surface area contributed by atoms with Crippen LogP contribution in [0.25, 0.3) is 0 Å². The summed E-state index contributed by atoms with van der Waals surface area (Å²) in [5, 5.41) is 1.16. The Labute approximate surface area is 90.1 Å². The van der Waals surface area contributed by atoms with E-state index in [1.807, 2.05) is 6.08 Å². The Morgan fingerprint density at radius 2 is 2.33 bits per heavy atom. The van der Waals surface area contributed by atoms with Crippen LogP contribution in [0.2, 0.25) is 0 Å². The zero-order chi connectivity index (χ0) is 11.1. The lowest BCUT2D eigenvalue weighted by Gasteiger charge is -2.14. The Hall–Kier alpha value is -1.13. The summed E-state index contributed by atoms with van der Waals surface area (Å²) in [4.78, 5) is 16.0. The standard InChI is InChI=1S/C11H17NO3/c1-12(14-2)11(13)9-15-8-10-6-4-3-5-7-10/h4,6-7H,3,5,8-9H2,1-2H3. The molecule has 84 valence electrons. The molecule has 0 heterocycles. The van der Waals surface area contributed by atoms with Gasteiger partial charge in [-0.3, -0.25) is 9.63 Å². The number of carbonyl (C=O) groups is 1. The van der Waals surface area contributed by atoms with E-state index in [0.29, 0.717) is 6.61 Å². The predicted molar refractivity (Wildman–Crippen MR) is 57.1 cm³/mol. The van der Waals surface area contributed by atoms with Crippen LogP contribution in [-0.4, -0.2) is 38.3 Å². The molecule has 1 amide bonds. The van der Waals surface area contributed by atoms with E-state index in [9.17, 15) is 4.79 Å². The van der Waals surface area contributed by atoms with Crippen LogP contribution in [0.3, 0.4) is 0 Å². The summed E-state index contributed by atoms with van der Waals surface area (Å²) in [6.07, 6.45) is 8.43. The van der Waals surface area contributed by atoms with Crippen molar-refractivity contribution in [3.05, 3.63) is 23.8 Å². The van der Waals surface area contributed by atoms with E-state index in [1.54, 1.807) is 7.05 Å². The molecule has 0 bridgehead atoms. The second-order valence-corrected chi connectivity index (χ2v) is 3.33. The van der Waals surface area contributed by atoms with Gasteiger partial charge in [-0.05, 0) is 18.4 Å². The predicted octanol–water partition coefficient (Wildman–Crippen LogP) is 1.30. The van der Waals surface area contributed by atoms with E-state index in [1.165, 1.54) is 7.11 Å². The second-order valence-electron chi connectivity index (χ2n) is 3.33. The minimum Gasteiger partial charge on any atom is -0.367 e. The Bertz CT molecular complexity index is 271. The van der Waals surface area contributed by atoms with Crippen molar-refractivity contribution < 1.29 is 14.4 Å². The number of hydroxylamine groups is 2. The fraction of sp³-hybridized carbons (Fsp3) is 0.545. The van der Waals surface area contributed by atoms with Gasteiger partial charge < -0.3 is 4.74 Å². The fourth-order valence-corrected chi connectivity index (χ4v) is 1.22. The molecule has 15 heavy (non-hydrogen) atoms. The van der Waals surface area contributed by atoms with Crippen LogP contribution < -0.4 is 0 Å². The lowest BCUT2D eigenvalue weighted by atomic mass is 10.1. The maximum atomic E-state index is 11.3. The molecule has 0 fully saturated rings. The molecule has 0 radical (unpaired) electrons. The van der Waals surface area contributed by atoms with Crippen LogP contribution in [0.5, 0.6) is 0 Å². The number of nitrogens with zero attached hydrogens (tertiary/aromatic N) is 1. The second kappa shape index (κ2) is 6.37. The normalized spacial score (nSPS) is 14.9. The molecule has 1 aliphatic carbocycles. The topological polar surface area (TPSA) is 38.8 Å². The van der Waals surface area contributed by atoms with Crippen molar-refractivity contribution in [2.45, 2.75) is 12.8 Å². The number of hydrogen-bond donors (Lipinski definition) is 0. The molecule has 4 heteroatoms. The average Bonchev–Trinajstić information content (AvgIpc) is 2.29. The molecule has 0 N–H and O–H groups in total. The molecule has 0 aromatic heterocycles. The van der Waals surface area contributed by atoms with Gasteiger partial charge >= 0.3 is 0 Å². The van der Waals surface area contributed by atoms with E-state index in [4.69, 9.17) is 9.57 Å². The lowest BCUT2D eigenvalue weighted by Crippen LogP contribution is -2.29. The van der Waals surface area contributed by atoms with E-state index in [-0.39, 0.29) is 12.5 Å². The molecule has 0 aromatic carbocycles. The highest BCUT2D eigenvalue weighted by Crippen LogP contribution is 2.09. The molecule has 4 nitrogen and oxygen atoms in total. The molecule has 0 unspecified atom stereocenters. The van der Waals surface area contributed by atoms with Crippen molar-refractivity contribution >= 4 is 5.91 Å². The van der Waals surface area contributed by atoms with Gasteiger partial charge in [0, 0.05) is 7.05 Å². The number of amides is 1.